The number of rotatable bonds is 13. The van der Waals surface area contributed by atoms with Crippen LogP contribution in [0.25, 0.3) is 0 Å². The van der Waals surface area contributed by atoms with Crippen LogP contribution in [0.3, 0.4) is 0 Å². The predicted octanol–water partition coefficient (Wildman–Crippen LogP) is 5.99. The molecular weight excluding hydrogens is 406 g/mol. The fourth-order valence-electron chi connectivity index (χ4n) is 2.61. The number of aromatic nitrogens is 2. The van der Waals surface area contributed by atoms with E-state index in [1.54, 1.807) is 6.20 Å². The molecule has 0 fully saturated rings. The van der Waals surface area contributed by atoms with Gasteiger partial charge in [0.2, 0.25) is 11.6 Å². The summed E-state index contributed by atoms with van der Waals surface area (Å²) >= 11 is 2.94. The number of hydrogen-bond acceptors (Lipinski definition) is 9. The first-order valence-corrected chi connectivity index (χ1v) is 11.4. The van der Waals surface area contributed by atoms with Crippen molar-refractivity contribution in [3.05, 3.63) is 58.0 Å². The molecule has 9 heteroatoms. The van der Waals surface area contributed by atoms with Crippen LogP contribution in [0.15, 0.2) is 57.1 Å². The highest BCUT2D eigenvalue weighted by molar-refractivity contribution is 8.22. The zero-order chi connectivity index (χ0) is 20.9. The van der Waals surface area contributed by atoms with Crippen molar-refractivity contribution in [1.29, 1.82) is 0 Å². The quantitative estimate of drug-likeness (QED) is 0.259. The Morgan fingerprint density at radius 1 is 1.17 bits per heavy atom. The van der Waals surface area contributed by atoms with Gasteiger partial charge in [0.15, 0.2) is 0 Å². The number of thioether (sulfide) groups is 1. The molecule has 0 unspecified atom stereocenters. The lowest BCUT2D eigenvalue weighted by molar-refractivity contribution is 0.310. The molecule has 0 saturated carbocycles. The number of aliphatic hydroxyl groups excluding tert-OH is 1. The van der Waals surface area contributed by atoms with Gasteiger partial charge in [-0.1, -0.05) is 69.3 Å². The van der Waals surface area contributed by atoms with E-state index >= 15 is 0 Å². The zero-order valence-corrected chi connectivity index (χ0v) is 18.7. The minimum atomic E-state index is 0.126. The molecule has 1 aromatic heterocycles. The van der Waals surface area contributed by atoms with E-state index in [0.29, 0.717) is 11.6 Å². The predicted molar refractivity (Wildman–Crippen MR) is 124 cm³/mol. The molecule has 2 rings (SSSR count). The van der Waals surface area contributed by atoms with Crippen LogP contribution in [0.2, 0.25) is 0 Å². The van der Waals surface area contributed by atoms with E-state index in [9.17, 15) is 5.11 Å². The minimum Gasteiger partial charge on any atom is -0.514 e. The van der Waals surface area contributed by atoms with Crippen molar-refractivity contribution in [3.63, 3.8) is 0 Å². The molecule has 3 N–H and O–H groups in total. The van der Waals surface area contributed by atoms with Gasteiger partial charge in [-0.15, -0.1) is 0 Å². The summed E-state index contributed by atoms with van der Waals surface area (Å²) in [6, 6.07) is 10.4. The standard InChI is InChI=1S/C20H29N5O2S2/c1-4-10-17(16-11-8-7-9-12-16)22-20-19(23-27-24-20)21-13-14-28-18(15-26)29-25(5-2)6-3/h7-9,11-15,17,26H,4-6,10H2,1-3H3,(H,21,23)(H,22,24)/b14-13+,18-15-/t17-/m1/s1. The highest BCUT2D eigenvalue weighted by Gasteiger charge is 2.16. The summed E-state index contributed by atoms with van der Waals surface area (Å²) in [5.41, 5.74) is 1.19. The van der Waals surface area contributed by atoms with Gasteiger partial charge in [0.1, 0.15) is 6.26 Å². The number of nitrogens with one attached hydrogen (secondary N) is 2. The van der Waals surface area contributed by atoms with E-state index in [4.69, 9.17) is 4.63 Å². The molecule has 1 aromatic carbocycles. The first-order chi connectivity index (χ1) is 14.2. The molecule has 0 spiro atoms. The summed E-state index contributed by atoms with van der Waals surface area (Å²) in [5, 5.41) is 25.7. The monoisotopic (exact) mass is 435 g/mol. The van der Waals surface area contributed by atoms with Crippen molar-refractivity contribution < 1.29 is 9.74 Å². The number of benzene rings is 1. The normalized spacial score (nSPS) is 13.2. The molecule has 1 heterocycles. The lowest BCUT2D eigenvalue weighted by Crippen LogP contribution is -2.13. The summed E-state index contributed by atoms with van der Waals surface area (Å²) in [6.45, 7) is 8.13. The summed E-state index contributed by atoms with van der Waals surface area (Å²) in [4.78, 5) is 0. The topological polar surface area (TPSA) is 86.5 Å². The fourth-order valence-corrected chi connectivity index (χ4v) is 4.15. The van der Waals surface area contributed by atoms with Gasteiger partial charge >= 0.3 is 0 Å². The molecule has 0 aliphatic heterocycles. The van der Waals surface area contributed by atoms with Crippen molar-refractivity contribution >= 4 is 35.3 Å². The summed E-state index contributed by atoms with van der Waals surface area (Å²) in [7, 11) is 0. The molecule has 29 heavy (non-hydrogen) atoms. The summed E-state index contributed by atoms with van der Waals surface area (Å²) < 4.78 is 7.85. The lowest BCUT2D eigenvalue weighted by atomic mass is 10.0. The zero-order valence-electron chi connectivity index (χ0n) is 17.0. The van der Waals surface area contributed by atoms with Gasteiger partial charge in [0.25, 0.3) is 0 Å². The molecule has 1 atom stereocenters. The Morgan fingerprint density at radius 2 is 1.90 bits per heavy atom. The fraction of sp³-hybridized carbons (Fsp3) is 0.400. The Bertz CT molecular complexity index is 763. The molecule has 7 nitrogen and oxygen atoms in total. The second-order valence-electron chi connectivity index (χ2n) is 6.08. The van der Waals surface area contributed by atoms with Gasteiger partial charge in [0.05, 0.1) is 10.3 Å². The van der Waals surface area contributed by atoms with E-state index in [-0.39, 0.29) is 6.04 Å². The maximum absolute atomic E-state index is 9.42. The minimum absolute atomic E-state index is 0.126. The Hall–Kier alpha value is -2.10. The second kappa shape index (κ2) is 13.2. The average molecular weight is 436 g/mol. The maximum Gasteiger partial charge on any atom is 0.219 e. The van der Waals surface area contributed by atoms with Crippen LogP contribution in [-0.2, 0) is 0 Å². The van der Waals surface area contributed by atoms with Crippen LogP contribution < -0.4 is 10.6 Å². The van der Waals surface area contributed by atoms with Crippen molar-refractivity contribution in [2.24, 2.45) is 0 Å². The van der Waals surface area contributed by atoms with Gasteiger partial charge in [-0.3, -0.25) is 0 Å². The molecule has 158 valence electrons. The van der Waals surface area contributed by atoms with Crippen LogP contribution in [0.1, 0.15) is 45.2 Å². The first kappa shape index (κ1) is 23.2. The van der Waals surface area contributed by atoms with Gasteiger partial charge in [-0.2, -0.15) is 0 Å². The number of aliphatic hydroxyl groups is 1. The van der Waals surface area contributed by atoms with Crippen LogP contribution in [-0.4, -0.2) is 32.8 Å². The molecule has 0 saturated heterocycles. The van der Waals surface area contributed by atoms with Gasteiger partial charge in [-0.25, -0.2) is 8.93 Å². The Morgan fingerprint density at radius 3 is 2.55 bits per heavy atom. The van der Waals surface area contributed by atoms with Crippen LogP contribution >= 0.6 is 23.7 Å². The van der Waals surface area contributed by atoms with Crippen LogP contribution in [0, 0.1) is 0 Å². The highest BCUT2D eigenvalue weighted by Crippen LogP contribution is 2.31. The molecule has 0 bridgehead atoms. The van der Waals surface area contributed by atoms with Crippen LogP contribution in [0.5, 0.6) is 0 Å². The van der Waals surface area contributed by atoms with Crippen molar-refractivity contribution in [2.45, 2.75) is 39.7 Å². The lowest BCUT2D eigenvalue weighted by Gasteiger charge is -2.18. The third-order valence-electron chi connectivity index (χ3n) is 4.08. The smallest absolute Gasteiger partial charge is 0.219 e. The van der Waals surface area contributed by atoms with Gasteiger partial charge in [-0.05, 0) is 39.7 Å². The molecule has 0 radical (unpaired) electrons. The van der Waals surface area contributed by atoms with E-state index in [0.717, 1.165) is 36.4 Å². The first-order valence-electron chi connectivity index (χ1n) is 9.71. The average Bonchev–Trinajstić information content (AvgIpc) is 3.20. The molecule has 0 aliphatic rings. The van der Waals surface area contributed by atoms with E-state index in [2.05, 4.69) is 58.2 Å². The van der Waals surface area contributed by atoms with E-state index in [1.807, 2.05) is 23.6 Å². The molecule has 0 amide bonds. The van der Waals surface area contributed by atoms with Gasteiger partial charge in [0, 0.05) is 19.3 Å². The van der Waals surface area contributed by atoms with E-state index in [1.165, 1.54) is 29.3 Å². The van der Waals surface area contributed by atoms with Gasteiger partial charge < -0.3 is 15.7 Å². The van der Waals surface area contributed by atoms with E-state index < -0.39 is 0 Å². The van der Waals surface area contributed by atoms with Crippen LogP contribution in [0.4, 0.5) is 11.6 Å². The maximum atomic E-state index is 9.42. The van der Waals surface area contributed by atoms with Crippen molar-refractivity contribution in [1.82, 2.24) is 14.6 Å². The third-order valence-corrected chi connectivity index (χ3v) is 6.26. The molecule has 0 aliphatic carbocycles. The Kier molecular flexibility index (Phi) is 10.5. The Balaban J connectivity index is 1.95. The summed E-state index contributed by atoms with van der Waals surface area (Å²) in [6.07, 6.45) is 4.88. The number of hydrogen-bond donors (Lipinski definition) is 3. The largest absolute Gasteiger partial charge is 0.514 e. The second-order valence-corrected chi connectivity index (χ2v) is 8.42. The molecule has 2 aromatic rings. The number of nitrogens with zero attached hydrogens (tertiary/aromatic N) is 3. The SMILES string of the molecule is CCC[C@@H](Nc1nonc1N/C=C/S/C(=C/O)SN(CC)CC)c1ccccc1. The third kappa shape index (κ3) is 7.68. The Labute approximate surface area is 181 Å². The van der Waals surface area contributed by atoms with Crippen molar-refractivity contribution in [2.75, 3.05) is 23.7 Å². The number of anilines is 2. The highest BCUT2D eigenvalue weighted by atomic mass is 32.2. The summed E-state index contributed by atoms with van der Waals surface area (Å²) in [5.74, 6) is 1.09. The van der Waals surface area contributed by atoms with Crippen molar-refractivity contribution in [3.8, 4) is 0 Å². The molecular formula is C20H29N5O2S2.